The van der Waals surface area contributed by atoms with Crippen molar-refractivity contribution in [2.45, 2.75) is 43.6 Å². The van der Waals surface area contributed by atoms with Gasteiger partial charge in [-0.15, -0.1) is 0 Å². The number of aryl methyl sites for hydroxylation is 1. The lowest BCUT2D eigenvalue weighted by Gasteiger charge is -2.26. The molecule has 1 fully saturated rings. The molecular weight excluding hydrogens is 428 g/mol. The van der Waals surface area contributed by atoms with Crippen LogP contribution in [-0.2, 0) is 12.3 Å². The summed E-state index contributed by atoms with van der Waals surface area (Å²) < 4.78 is 2.22. The standard InChI is InChI=1S/C27H28N4OS/c1-20-5-7-22(8-6-20)19-33-27-29-24-13-14-28-17-25(24)31(27)18-21-9-11-23(12-10-21)26(32)30-15-3-2-4-16-30/h5-14,17H,2-4,15-16,18-19H2,1H3. The topological polar surface area (TPSA) is 51.0 Å². The van der Waals surface area contributed by atoms with Crippen LogP contribution in [0.4, 0.5) is 0 Å². The van der Waals surface area contributed by atoms with E-state index in [0.29, 0.717) is 6.54 Å². The van der Waals surface area contributed by atoms with Gasteiger partial charge in [-0.3, -0.25) is 9.78 Å². The zero-order valence-electron chi connectivity index (χ0n) is 18.9. The van der Waals surface area contributed by atoms with Crippen LogP contribution in [0.3, 0.4) is 0 Å². The Labute approximate surface area is 198 Å². The highest BCUT2D eigenvalue weighted by atomic mass is 32.2. The molecule has 0 aliphatic carbocycles. The first-order chi connectivity index (χ1) is 16.2. The number of carbonyl (C=O) groups is 1. The number of fused-ring (bicyclic) bond motifs is 1. The van der Waals surface area contributed by atoms with E-state index in [2.05, 4.69) is 52.9 Å². The van der Waals surface area contributed by atoms with Gasteiger partial charge in [0.25, 0.3) is 5.91 Å². The summed E-state index contributed by atoms with van der Waals surface area (Å²) in [4.78, 5) is 24.0. The van der Waals surface area contributed by atoms with Crippen LogP contribution in [0.5, 0.6) is 0 Å². The van der Waals surface area contributed by atoms with Gasteiger partial charge in [0.1, 0.15) is 0 Å². The van der Waals surface area contributed by atoms with E-state index in [-0.39, 0.29) is 5.91 Å². The molecular formula is C27H28N4OS. The summed E-state index contributed by atoms with van der Waals surface area (Å²) in [6.45, 7) is 4.54. The Morgan fingerprint density at radius 2 is 1.67 bits per heavy atom. The number of likely N-dealkylation sites (tertiary alicyclic amines) is 1. The number of piperidine rings is 1. The maximum Gasteiger partial charge on any atom is 0.253 e. The normalized spacial score (nSPS) is 14.0. The number of aromatic nitrogens is 3. The molecule has 1 saturated heterocycles. The monoisotopic (exact) mass is 456 g/mol. The summed E-state index contributed by atoms with van der Waals surface area (Å²) in [5.74, 6) is 1.01. The minimum Gasteiger partial charge on any atom is -0.339 e. The first-order valence-electron chi connectivity index (χ1n) is 11.5. The third-order valence-electron chi connectivity index (χ3n) is 6.19. The van der Waals surface area contributed by atoms with Crippen molar-refractivity contribution in [1.29, 1.82) is 0 Å². The molecule has 2 aromatic carbocycles. The zero-order chi connectivity index (χ0) is 22.6. The van der Waals surface area contributed by atoms with Crippen molar-refractivity contribution in [3.05, 3.63) is 89.2 Å². The van der Waals surface area contributed by atoms with Gasteiger partial charge in [-0.2, -0.15) is 0 Å². The smallest absolute Gasteiger partial charge is 0.253 e. The van der Waals surface area contributed by atoms with Crippen LogP contribution < -0.4 is 0 Å². The van der Waals surface area contributed by atoms with Crippen molar-refractivity contribution < 1.29 is 4.79 Å². The Morgan fingerprint density at radius 3 is 2.42 bits per heavy atom. The van der Waals surface area contributed by atoms with Crippen LogP contribution in [0.15, 0.2) is 72.1 Å². The summed E-state index contributed by atoms with van der Waals surface area (Å²) in [5.41, 5.74) is 6.44. The fourth-order valence-corrected chi connectivity index (χ4v) is 5.23. The predicted molar refractivity (Wildman–Crippen MR) is 134 cm³/mol. The molecule has 0 bridgehead atoms. The van der Waals surface area contributed by atoms with Gasteiger partial charge < -0.3 is 9.47 Å². The first kappa shape index (κ1) is 21.7. The van der Waals surface area contributed by atoms with Gasteiger partial charge in [0.05, 0.1) is 23.8 Å². The van der Waals surface area contributed by atoms with Crippen LogP contribution in [0.2, 0.25) is 0 Å². The molecule has 1 aliphatic rings. The van der Waals surface area contributed by atoms with Crippen LogP contribution in [0.25, 0.3) is 11.0 Å². The predicted octanol–water partition coefficient (Wildman–Crippen LogP) is 5.71. The van der Waals surface area contributed by atoms with Crippen LogP contribution in [0.1, 0.15) is 46.3 Å². The van der Waals surface area contributed by atoms with Gasteiger partial charge >= 0.3 is 0 Å². The second-order valence-corrected chi connectivity index (χ2v) is 9.61. The minimum absolute atomic E-state index is 0.146. The summed E-state index contributed by atoms with van der Waals surface area (Å²) >= 11 is 1.74. The molecule has 33 heavy (non-hydrogen) atoms. The molecule has 168 valence electrons. The van der Waals surface area contributed by atoms with Crippen molar-refractivity contribution >= 4 is 28.7 Å². The second kappa shape index (κ2) is 9.79. The van der Waals surface area contributed by atoms with E-state index in [9.17, 15) is 4.79 Å². The lowest BCUT2D eigenvalue weighted by molar-refractivity contribution is 0.0724. The molecule has 2 aromatic heterocycles. The van der Waals surface area contributed by atoms with E-state index in [4.69, 9.17) is 4.98 Å². The number of hydrogen-bond donors (Lipinski definition) is 0. The number of nitrogens with zero attached hydrogens (tertiary/aromatic N) is 4. The lowest BCUT2D eigenvalue weighted by Crippen LogP contribution is -2.35. The number of hydrogen-bond acceptors (Lipinski definition) is 4. The Kier molecular flexibility index (Phi) is 6.44. The van der Waals surface area contributed by atoms with Gasteiger partial charge in [-0.05, 0) is 55.5 Å². The molecule has 0 N–H and O–H groups in total. The Hall–Kier alpha value is -3.12. The molecule has 4 aromatic rings. The van der Waals surface area contributed by atoms with Crippen LogP contribution in [0, 0.1) is 6.92 Å². The molecule has 5 nitrogen and oxygen atoms in total. The van der Waals surface area contributed by atoms with Gasteiger partial charge in [0, 0.05) is 30.6 Å². The highest BCUT2D eigenvalue weighted by Gasteiger charge is 2.18. The summed E-state index contributed by atoms with van der Waals surface area (Å²) in [6.07, 6.45) is 7.10. The highest BCUT2D eigenvalue weighted by molar-refractivity contribution is 7.98. The first-order valence-corrected chi connectivity index (χ1v) is 12.5. The average Bonchev–Trinajstić information content (AvgIpc) is 3.21. The van der Waals surface area contributed by atoms with E-state index in [0.717, 1.165) is 59.0 Å². The minimum atomic E-state index is 0.146. The van der Waals surface area contributed by atoms with Crippen LogP contribution >= 0.6 is 11.8 Å². The molecule has 0 saturated carbocycles. The Balaban J connectivity index is 1.35. The van der Waals surface area contributed by atoms with E-state index >= 15 is 0 Å². The summed E-state index contributed by atoms with van der Waals surface area (Å²) in [5, 5.41) is 0.979. The number of thioether (sulfide) groups is 1. The molecule has 1 amide bonds. The van der Waals surface area contributed by atoms with Crippen molar-refractivity contribution in [3.8, 4) is 0 Å². The molecule has 1 aliphatic heterocycles. The molecule has 0 radical (unpaired) electrons. The zero-order valence-corrected chi connectivity index (χ0v) is 19.7. The third-order valence-corrected chi connectivity index (χ3v) is 7.24. The molecule has 0 atom stereocenters. The number of carbonyl (C=O) groups excluding carboxylic acids is 1. The molecule has 6 heteroatoms. The number of pyridine rings is 1. The van der Waals surface area contributed by atoms with Crippen molar-refractivity contribution in [1.82, 2.24) is 19.4 Å². The van der Waals surface area contributed by atoms with Crippen molar-refractivity contribution in [3.63, 3.8) is 0 Å². The van der Waals surface area contributed by atoms with E-state index < -0.39 is 0 Å². The fourth-order valence-electron chi connectivity index (χ4n) is 4.26. The average molecular weight is 457 g/mol. The third kappa shape index (κ3) is 4.96. The largest absolute Gasteiger partial charge is 0.339 e. The van der Waals surface area contributed by atoms with Gasteiger partial charge in [-0.25, -0.2) is 4.98 Å². The number of imidazole rings is 1. The van der Waals surface area contributed by atoms with E-state index in [1.54, 1.807) is 18.0 Å². The Bertz CT molecular complexity index is 1240. The van der Waals surface area contributed by atoms with E-state index in [1.807, 2.05) is 29.3 Å². The van der Waals surface area contributed by atoms with Gasteiger partial charge in [0.2, 0.25) is 0 Å². The Morgan fingerprint density at radius 1 is 0.939 bits per heavy atom. The lowest BCUT2D eigenvalue weighted by atomic mass is 10.1. The maximum atomic E-state index is 12.8. The number of benzene rings is 2. The fraction of sp³-hybridized carbons (Fsp3) is 0.296. The highest BCUT2D eigenvalue weighted by Crippen LogP contribution is 2.27. The molecule has 3 heterocycles. The summed E-state index contributed by atoms with van der Waals surface area (Å²) in [6, 6.07) is 18.7. The van der Waals surface area contributed by atoms with E-state index in [1.165, 1.54) is 17.5 Å². The SMILES string of the molecule is Cc1ccc(CSc2nc3ccncc3n2Cc2ccc(C(=O)N3CCCCC3)cc2)cc1. The molecule has 0 spiro atoms. The molecule has 5 rings (SSSR count). The van der Waals surface area contributed by atoms with Gasteiger partial charge in [0.15, 0.2) is 5.16 Å². The maximum absolute atomic E-state index is 12.8. The number of amides is 1. The summed E-state index contributed by atoms with van der Waals surface area (Å²) in [7, 11) is 0. The quantitative estimate of drug-likeness (QED) is 0.349. The van der Waals surface area contributed by atoms with Crippen LogP contribution in [-0.4, -0.2) is 38.4 Å². The second-order valence-electron chi connectivity index (χ2n) is 8.67. The molecule has 0 unspecified atom stereocenters. The van der Waals surface area contributed by atoms with Crippen molar-refractivity contribution in [2.75, 3.05) is 13.1 Å². The van der Waals surface area contributed by atoms with Crippen molar-refractivity contribution in [2.24, 2.45) is 0 Å². The van der Waals surface area contributed by atoms with Gasteiger partial charge in [-0.1, -0.05) is 53.7 Å². The number of rotatable bonds is 6.